The van der Waals surface area contributed by atoms with Gasteiger partial charge in [0.15, 0.2) is 9.84 Å². The molecule has 1 atom stereocenters. The summed E-state index contributed by atoms with van der Waals surface area (Å²) in [5.41, 5.74) is -0.595. The Balaban J connectivity index is 2.15. The number of nitrogens with one attached hydrogen (secondary N) is 1. The molecule has 0 radical (unpaired) electrons. The van der Waals surface area contributed by atoms with Gasteiger partial charge < -0.3 is 5.32 Å². The van der Waals surface area contributed by atoms with Gasteiger partial charge in [0, 0.05) is 23.7 Å². The fourth-order valence-corrected chi connectivity index (χ4v) is 4.46. The SMILES string of the molecule is CC1(NCc2cc(F)ccc2[N+](=O)[O-])CCS(=O)(=O)C1. The Kier molecular flexibility index (Phi) is 3.79. The Labute approximate surface area is 116 Å². The highest BCUT2D eigenvalue weighted by Gasteiger charge is 2.38. The van der Waals surface area contributed by atoms with Crippen molar-refractivity contribution in [2.45, 2.75) is 25.4 Å². The molecule has 0 saturated carbocycles. The standard InChI is InChI=1S/C12H15FN2O4S/c1-12(4-5-20(18,19)8-12)14-7-9-6-10(13)2-3-11(9)15(16)17/h2-3,6,14H,4-5,7-8H2,1H3. The van der Waals surface area contributed by atoms with Crippen molar-refractivity contribution in [3.8, 4) is 0 Å². The van der Waals surface area contributed by atoms with Crippen molar-refractivity contribution in [3.63, 3.8) is 0 Å². The van der Waals surface area contributed by atoms with Crippen LogP contribution in [0.3, 0.4) is 0 Å². The zero-order valence-electron chi connectivity index (χ0n) is 10.9. The normalized spacial score (nSPS) is 24.7. The summed E-state index contributed by atoms with van der Waals surface area (Å²) in [4.78, 5) is 10.3. The Morgan fingerprint density at radius 2 is 2.20 bits per heavy atom. The van der Waals surface area contributed by atoms with Crippen LogP contribution in [-0.2, 0) is 16.4 Å². The minimum Gasteiger partial charge on any atom is -0.306 e. The van der Waals surface area contributed by atoms with Crippen molar-refractivity contribution in [1.82, 2.24) is 5.32 Å². The fraction of sp³-hybridized carbons (Fsp3) is 0.500. The molecule has 0 spiro atoms. The average Bonchev–Trinajstić information content (AvgIpc) is 2.61. The quantitative estimate of drug-likeness (QED) is 0.671. The van der Waals surface area contributed by atoms with E-state index < -0.39 is 26.1 Å². The van der Waals surface area contributed by atoms with Crippen LogP contribution in [0.4, 0.5) is 10.1 Å². The zero-order chi connectivity index (χ0) is 15.0. The Morgan fingerprint density at radius 1 is 1.50 bits per heavy atom. The summed E-state index contributed by atoms with van der Waals surface area (Å²) in [6.07, 6.45) is 0.443. The van der Waals surface area contributed by atoms with Gasteiger partial charge in [0.25, 0.3) is 5.69 Å². The van der Waals surface area contributed by atoms with E-state index >= 15 is 0 Å². The van der Waals surface area contributed by atoms with Crippen LogP contribution in [0.5, 0.6) is 0 Å². The van der Waals surface area contributed by atoms with Crippen molar-refractivity contribution in [2.75, 3.05) is 11.5 Å². The van der Waals surface area contributed by atoms with Crippen LogP contribution in [0.25, 0.3) is 0 Å². The second kappa shape index (κ2) is 5.10. The maximum atomic E-state index is 13.2. The lowest BCUT2D eigenvalue weighted by molar-refractivity contribution is -0.385. The van der Waals surface area contributed by atoms with Crippen LogP contribution < -0.4 is 5.32 Å². The second-order valence-corrected chi connectivity index (χ2v) is 7.47. The third-order valence-corrected chi connectivity index (χ3v) is 5.35. The molecule has 6 nitrogen and oxygen atoms in total. The molecule has 0 bridgehead atoms. The van der Waals surface area contributed by atoms with E-state index in [2.05, 4.69) is 5.32 Å². The summed E-state index contributed by atoms with van der Waals surface area (Å²) in [6.45, 7) is 1.81. The molecule has 0 aromatic heterocycles. The van der Waals surface area contributed by atoms with Gasteiger partial charge in [-0.25, -0.2) is 12.8 Å². The molecule has 20 heavy (non-hydrogen) atoms. The number of rotatable bonds is 4. The first-order valence-electron chi connectivity index (χ1n) is 6.09. The van der Waals surface area contributed by atoms with E-state index in [0.29, 0.717) is 6.42 Å². The zero-order valence-corrected chi connectivity index (χ0v) is 11.7. The number of benzene rings is 1. The van der Waals surface area contributed by atoms with Crippen LogP contribution in [0.1, 0.15) is 18.9 Å². The van der Waals surface area contributed by atoms with Crippen molar-refractivity contribution in [2.24, 2.45) is 0 Å². The molecule has 0 aliphatic carbocycles. The average molecular weight is 302 g/mol. The van der Waals surface area contributed by atoms with Gasteiger partial charge in [-0.15, -0.1) is 0 Å². The van der Waals surface area contributed by atoms with Crippen LogP contribution in [0.15, 0.2) is 18.2 Å². The van der Waals surface area contributed by atoms with E-state index in [-0.39, 0.29) is 29.3 Å². The van der Waals surface area contributed by atoms with E-state index in [9.17, 15) is 22.9 Å². The summed E-state index contributed by atoms with van der Waals surface area (Å²) < 4.78 is 36.1. The van der Waals surface area contributed by atoms with Crippen molar-refractivity contribution in [1.29, 1.82) is 0 Å². The Bertz CT molecular complexity index is 647. The van der Waals surface area contributed by atoms with Crippen molar-refractivity contribution >= 4 is 15.5 Å². The minimum atomic E-state index is -3.06. The summed E-state index contributed by atoms with van der Waals surface area (Å²) in [7, 11) is -3.06. The molecular weight excluding hydrogens is 287 g/mol. The summed E-state index contributed by atoms with van der Waals surface area (Å²) in [5, 5.41) is 13.9. The van der Waals surface area contributed by atoms with Gasteiger partial charge in [0.1, 0.15) is 5.82 Å². The molecule has 110 valence electrons. The highest BCUT2D eigenvalue weighted by Crippen LogP contribution is 2.25. The summed E-state index contributed by atoms with van der Waals surface area (Å²) in [5.74, 6) is -0.471. The predicted octanol–water partition coefficient (Wildman–Crippen LogP) is 1.40. The number of hydrogen-bond acceptors (Lipinski definition) is 5. The van der Waals surface area contributed by atoms with Gasteiger partial charge in [0.2, 0.25) is 0 Å². The van der Waals surface area contributed by atoms with Crippen LogP contribution in [0.2, 0.25) is 0 Å². The summed E-state index contributed by atoms with van der Waals surface area (Å²) >= 11 is 0. The first kappa shape index (κ1) is 14.9. The number of sulfone groups is 1. The lowest BCUT2D eigenvalue weighted by Crippen LogP contribution is -2.42. The molecule has 0 amide bonds. The minimum absolute atomic E-state index is 0.0108. The van der Waals surface area contributed by atoms with E-state index in [1.807, 2.05) is 0 Å². The molecule has 2 rings (SSSR count). The van der Waals surface area contributed by atoms with Crippen LogP contribution in [-0.4, -0.2) is 30.4 Å². The Morgan fingerprint density at radius 3 is 2.75 bits per heavy atom. The first-order valence-corrected chi connectivity index (χ1v) is 7.91. The smallest absolute Gasteiger partial charge is 0.274 e. The molecule has 1 saturated heterocycles. The maximum Gasteiger partial charge on any atom is 0.274 e. The van der Waals surface area contributed by atoms with Crippen LogP contribution >= 0.6 is 0 Å². The molecule has 1 heterocycles. The third-order valence-electron chi connectivity index (χ3n) is 3.45. The summed E-state index contributed by atoms with van der Waals surface area (Å²) in [6, 6.07) is 3.24. The highest BCUT2D eigenvalue weighted by atomic mass is 32.2. The molecule has 1 unspecified atom stereocenters. The third kappa shape index (κ3) is 3.31. The molecule has 1 aliphatic rings. The first-order chi connectivity index (χ1) is 9.21. The molecule has 1 N–H and O–H groups in total. The van der Waals surface area contributed by atoms with E-state index in [1.54, 1.807) is 6.92 Å². The Hall–Kier alpha value is -1.54. The van der Waals surface area contributed by atoms with E-state index in [4.69, 9.17) is 0 Å². The van der Waals surface area contributed by atoms with Crippen molar-refractivity contribution < 1.29 is 17.7 Å². The van der Waals surface area contributed by atoms with Gasteiger partial charge >= 0.3 is 0 Å². The van der Waals surface area contributed by atoms with E-state index in [1.165, 1.54) is 0 Å². The van der Waals surface area contributed by atoms with Gasteiger partial charge in [-0.1, -0.05) is 0 Å². The number of nitro groups is 1. The van der Waals surface area contributed by atoms with E-state index in [0.717, 1.165) is 18.2 Å². The maximum absolute atomic E-state index is 13.2. The molecule has 1 aromatic carbocycles. The van der Waals surface area contributed by atoms with Crippen LogP contribution in [0, 0.1) is 15.9 Å². The lowest BCUT2D eigenvalue weighted by atomic mass is 10.0. The monoisotopic (exact) mass is 302 g/mol. The number of hydrogen-bond donors (Lipinski definition) is 1. The van der Waals surface area contributed by atoms with Gasteiger partial charge in [0.05, 0.1) is 16.4 Å². The number of nitrogens with zero attached hydrogens (tertiary/aromatic N) is 1. The van der Waals surface area contributed by atoms with Gasteiger partial charge in [-0.05, 0) is 25.5 Å². The highest BCUT2D eigenvalue weighted by molar-refractivity contribution is 7.91. The number of nitro benzene ring substituents is 1. The topological polar surface area (TPSA) is 89.3 Å². The second-order valence-electron chi connectivity index (χ2n) is 5.29. The van der Waals surface area contributed by atoms with Gasteiger partial charge in [-0.2, -0.15) is 0 Å². The fourth-order valence-electron chi connectivity index (χ4n) is 2.33. The molecule has 1 aliphatic heterocycles. The predicted molar refractivity (Wildman–Crippen MR) is 71.6 cm³/mol. The molecular formula is C12H15FN2O4S. The molecule has 8 heteroatoms. The number of halogens is 1. The molecule has 1 aromatic rings. The largest absolute Gasteiger partial charge is 0.306 e. The lowest BCUT2D eigenvalue weighted by Gasteiger charge is -2.23. The van der Waals surface area contributed by atoms with Gasteiger partial charge in [-0.3, -0.25) is 10.1 Å². The molecule has 1 fully saturated rings. The van der Waals surface area contributed by atoms with Crippen molar-refractivity contribution in [3.05, 3.63) is 39.7 Å².